The summed E-state index contributed by atoms with van der Waals surface area (Å²) >= 11 is 6.14. The van der Waals surface area contributed by atoms with Gasteiger partial charge in [0.2, 0.25) is 6.79 Å². The lowest BCUT2D eigenvalue weighted by molar-refractivity contribution is -0.130. The summed E-state index contributed by atoms with van der Waals surface area (Å²) in [7, 11) is 0. The second-order valence-electron chi connectivity index (χ2n) is 5.63. The van der Waals surface area contributed by atoms with Gasteiger partial charge in [0.15, 0.2) is 23.1 Å². The van der Waals surface area contributed by atoms with E-state index in [0.29, 0.717) is 35.3 Å². The molecule has 0 radical (unpaired) electrons. The normalized spacial score (nSPS) is 16.9. The van der Waals surface area contributed by atoms with E-state index in [2.05, 4.69) is 4.99 Å². The zero-order valence-electron chi connectivity index (χ0n) is 13.2. The van der Waals surface area contributed by atoms with Crippen LogP contribution in [0.4, 0.5) is 0 Å². The summed E-state index contributed by atoms with van der Waals surface area (Å²) in [5.41, 5.74) is 2.07. The molecule has 6 heteroatoms. The van der Waals surface area contributed by atoms with E-state index < -0.39 is 5.97 Å². The van der Waals surface area contributed by atoms with Gasteiger partial charge < -0.3 is 14.2 Å². The van der Waals surface area contributed by atoms with Gasteiger partial charge in [-0.25, -0.2) is 9.79 Å². The smallest absolute Gasteiger partial charge is 0.363 e. The molecule has 0 fully saturated rings. The van der Waals surface area contributed by atoms with Gasteiger partial charge in [0.25, 0.3) is 0 Å². The Morgan fingerprint density at radius 1 is 1.08 bits per heavy atom. The van der Waals surface area contributed by atoms with E-state index in [1.165, 1.54) is 0 Å². The van der Waals surface area contributed by atoms with Gasteiger partial charge in [-0.1, -0.05) is 35.9 Å². The molecule has 0 aliphatic carbocycles. The second kappa shape index (κ2) is 6.61. The van der Waals surface area contributed by atoms with Gasteiger partial charge in [0, 0.05) is 11.4 Å². The van der Waals surface area contributed by atoms with Crippen molar-refractivity contribution in [3.05, 3.63) is 64.3 Å². The first-order chi connectivity index (χ1) is 12.2. The number of hydrogen-bond acceptors (Lipinski definition) is 5. The molecule has 4 rings (SSSR count). The first-order valence-corrected chi connectivity index (χ1v) is 8.21. The predicted octanol–water partition coefficient (Wildman–Crippen LogP) is 4.00. The molecule has 0 saturated heterocycles. The maximum atomic E-state index is 12.0. The molecule has 0 saturated carbocycles. The molecular formula is C19H14ClNO4. The first kappa shape index (κ1) is 15.7. The summed E-state index contributed by atoms with van der Waals surface area (Å²) in [4.78, 5) is 16.3. The fraction of sp³-hybridized carbons (Fsp3) is 0.158. The minimum absolute atomic E-state index is 0.210. The van der Waals surface area contributed by atoms with E-state index in [1.807, 2.05) is 30.3 Å². The monoisotopic (exact) mass is 355 g/mol. The van der Waals surface area contributed by atoms with Crippen LogP contribution in [0.1, 0.15) is 17.5 Å². The van der Waals surface area contributed by atoms with Crippen molar-refractivity contribution in [3.8, 4) is 11.5 Å². The summed E-state index contributed by atoms with van der Waals surface area (Å²) in [6, 6.07) is 13.0. The highest BCUT2D eigenvalue weighted by molar-refractivity contribution is 6.31. The van der Waals surface area contributed by atoms with Crippen molar-refractivity contribution in [3.63, 3.8) is 0 Å². The Bertz CT molecular complexity index is 904. The number of halogens is 1. The molecule has 5 nitrogen and oxygen atoms in total. The number of fused-ring (bicyclic) bond motifs is 1. The Hall–Kier alpha value is -2.79. The van der Waals surface area contributed by atoms with E-state index in [-0.39, 0.29) is 12.5 Å². The average molecular weight is 356 g/mol. The Morgan fingerprint density at radius 3 is 2.80 bits per heavy atom. The molecule has 0 spiro atoms. The fourth-order valence-corrected chi connectivity index (χ4v) is 2.89. The molecule has 2 aromatic rings. The summed E-state index contributed by atoms with van der Waals surface area (Å²) in [6.07, 6.45) is 2.84. The zero-order valence-corrected chi connectivity index (χ0v) is 14.0. The molecule has 2 aromatic carbocycles. The number of aliphatic imine (C=N–C) groups is 1. The van der Waals surface area contributed by atoms with Crippen molar-refractivity contribution in [1.82, 2.24) is 0 Å². The van der Waals surface area contributed by atoms with Crippen LogP contribution in [-0.2, 0) is 16.0 Å². The van der Waals surface area contributed by atoms with E-state index in [1.54, 1.807) is 18.2 Å². The van der Waals surface area contributed by atoms with Crippen LogP contribution in [0.2, 0.25) is 5.02 Å². The Kier molecular flexibility index (Phi) is 4.15. The fourth-order valence-electron chi connectivity index (χ4n) is 2.66. The molecule has 25 heavy (non-hydrogen) atoms. The maximum absolute atomic E-state index is 12.0. The van der Waals surface area contributed by atoms with Gasteiger partial charge in [-0.2, -0.15) is 0 Å². The largest absolute Gasteiger partial charge is 0.454 e. The van der Waals surface area contributed by atoms with Gasteiger partial charge >= 0.3 is 5.97 Å². The number of esters is 1. The van der Waals surface area contributed by atoms with Crippen LogP contribution in [0.15, 0.2) is 53.2 Å². The quantitative estimate of drug-likeness (QED) is 0.614. The number of carbonyl (C=O) groups is 1. The number of rotatable bonds is 4. The SMILES string of the molecule is O=C1OC(CCc2ccccc2Cl)=N/C1=C/c1ccc2c(c1)OCO2. The van der Waals surface area contributed by atoms with Crippen LogP contribution in [-0.4, -0.2) is 18.7 Å². The zero-order chi connectivity index (χ0) is 17.2. The van der Waals surface area contributed by atoms with Gasteiger partial charge in [-0.05, 0) is 41.8 Å². The summed E-state index contributed by atoms with van der Waals surface area (Å²) < 4.78 is 15.9. The number of carbonyl (C=O) groups excluding carboxylic acids is 1. The Balaban J connectivity index is 1.49. The highest BCUT2D eigenvalue weighted by Gasteiger charge is 2.23. The first-order valence-electron chi connectivity index (χ1n) is 7.83. The Labute approximate surface area is 149 Å². The number of ether oxygens (including phenoxy) is 3. The molecule has 0 atom stereocenters. The van der Waals surface area contributed by atoms with Crippen LogP contribution in [0.25, 0.3) is 6.08 Å². The van der Waals surface area contributed by atoms with E-state index in [9.17, 15) is 4.79 Å². The van der Waals surface area contributed by atoms with Gasteiger partial charge in [0.05, 0.1) is 0 Å². The van der Waals surface area contributed by atoms with Crippen LogP contribution in [0.5, 0.6) is 11.5 Å². The van der Waals surface area contributed by atoms with Crippen molar-refractivity contribution >= 4 is 29.5 Å². The third-order valence-electron chi connectivity index (χ3n) is 3.93. The van der Waals surface area contributed by atoms with E-state index in [4.69, 9.17) is 25.8 Å². The molecular weight excluding hydrogens is 342 g/mol. The van der Waals surface area contributed by atoms with Crippen molar-refractivity contribution < 1.29 is 19.0 Å². The minimum atomic E-state index is -0.452. The number of cyclic esters (lactones) is 1. The van der Waals surface area contributed by atoms with Gasteiger partial charge in [-0.15, -0.1) is 0 Å². The lowest BCUT2D eigenvalue weighted by Gasteiger charge is -2.02. The summed E-state index contributed by atoms with van der Waals surface area (Å²) in [5.74, 6) is 1.30. The molecule has 2 heterocycles. The standard InChI is InChI=1S/C19H14ClNO4/c20-14-4-2-1-3-13(14)6-8-18-21-15(19(22)25-18)9-12-5-7-16-17(10-12)24-11-23-16/h1-5,7,9-10H,6,8,11H2/b15-9+. The number of aryl methyl sites for hydroxylation is 1. The third-order valence-corrected chi connectivity index (χ3v) is 4.30. The maximum Gasteiger partial charge on any atom is 0.363 e. The molecule has 0 N–H and O–H groups in total. The summed E-state index contributed by atoms with van der Waals surface area (Å²) in [6.45, 7) is 0.210. The van der Waals surface area contributed by atoms with Crippen molar-refractivity contribution in [2.24, 2.45) is 4.99 Å². The van der Waals surface area contributed by atoms with Crippen LogP contribution in [0, 0.1) is 0 Å². The molecule has 0 unspecified atom stereocenters. The van der Waals surface area contributed by atoms with E-state index >= 15 is 0 Å². The lowest BCUT2D eigenvalue weighted by atomic mass is 10.1. The topological polar surface area (TPSA) is 57.1 Å². The molecule has 0 amide bonds. The van der Waals surface area contributed by atoms with Gasteiger partial charge in [0.1, 0.15) is 0 Å². The molecule has 126 valence electrons. The second-order valence-corrected chi connectivity index (χ2v) is 6.04. The van der Waals surface area contributed by atoms with Crippen molar-refractivity contribution in [1.29, 1.82) is 0 Å². The Morgan fingerprint density at radius 2 is 1.92 bits per heavy atom. The van der Waals surface area contributed by atoms with E-state index in [0.717, 1.165) is 11.1 Å². The predicted molar refractivity (Wildman–Crippen MR) is 93.8 cm³/mol. The number of benzene rings is 2. The molecule has 2 aliphatic heterocycles. The van der Waals surface area contributed by atoms with Crippen LogP contribution in [0.3, 0.4) is 0 Å². The summed E-state index contributed by atoms with van der Waals surface area (Å²) in [5, 5.41) is 0.698. The van der Waals surface area contributed by atoms with Gasteiger partial charge in [-0.3, -0.25) is 0 Å². The number of hydrogen-bond donors (Lipinski definition) is 0. The van der Waals surface area contributed by atoms with Crippen LogP contribution >= 0.6 is 11.6 Å². The molecule has 2 aliphatic rings. The van der Waals surface area contributed by atoms with Crippen molar-refractivity contribution in [2.75, 3.05) is 6.79 Å². The highest BCUT2D eigenvalue weighted by Crippen LogP contribution is 2.33. The number of nitrogens with zero attached hydrogens (tertiary/aromatic N) is 1. The molecule has 0 aromatic heterocycles. The average Bonchev–Trinajstić information content (AvgIpc) is 3.21. The van der Waals surface area contributed by atoms with Crippen LogP contribution < -0.4 is 9.47 Å². The lowest BCUT2D eigenvalue weighted by Crippen LogP contribution is -2.05. The highest BCUT2D eigenvalue weighted by atomic mass is 35.5. The van der Waals surface area contributed by atoms with Crippen molar-refractivity contribution in [2.45, 2.75) is 12.8 Å². The molecule has 0 bridgehead atoms. The third kappa shape index (κ3) is 3.37. The minimum Gasteiger partial charge on any atom is -0.454 e.